The van der Waals surface area contributed by atoms with Gasteiger partial charge in [-0.25, -0.2) is 14.5 Å². The van der Waals surface area contributed by atoms with E-state index in [9.17, 15) is 14.7 Å². The largest absolute Gasteiger partial charge is 0.444 e. The first-order valence-corrected chi connectivity index (χ1v) is 9.46. The molecule has 0 aliphatic carbocycles. The molecule has 2 atom stereocenters. The third-order valence-corrected chi connectivity index (χ3v) is 4.87. The zero-order valence-corrected chi connectivity index (χ0v) is 15.8. The maximum absolute atomic E-state index is 12.3. The summed E-state index contributed by atoms with van der Waals surface area (Å²) in [6.07, 6.45) is 4.43. The zero-order valence-electron chi connectivity index (χ0n) is 15.8. The Bertz CT molecular complexity index is 578. The van der Waals surface area contributed by atoms with Crippen molar-refractivity contribution in [3.8, 4) is 0 Å². The second-order valence-electron chi connectivity index (χ2n) is 6.93. The molecule has 1 aliphatic rings. The highest BCUT2D eigenvalue weighted by atomic mass is 16.6. The van der Waals surface area contributed by atoms with Gasteiger partial charge in [-0.1, -0.05) is 56.5 Å². The van der Waals surface area contributed by atoms with Crippen LogP contribution >= 0.6 is 0 Å². The van der Waals surface area contributed by atoms with Gasteiger partial charge < -0.3 is 14.7 Å². The second kappa shape index (κ2) is 10.2. The number of nitrogens with zero attached hydrogens (tertiary/aromatic N) is 2. The summed E-state index contributed by atoms with van der Waals surface area (Å²) in [7, 11) is 1.70. The minimum atomic E-state index is -0.614. The molecule has 0 spiro atoms. The van der Waals surface area contributed by atoms with Gasteiger partial charge in [-0.2, -0.15) is 0 Å². The molecule has 2 unspecified atom stereocenters. The van der Waals surface area contributed by atoms with Crippen molar-refractivity contribution >= 4 is 12.1 Å². The predicted molar refractivity (Wildman–Crippen MR) is 99.7 cm³/mol. The van der Waals surface area contributed by atoms with E-state index in [4.69, 9.17) is 4.74 Å². The molecule has 0 saturated carbocycles. The number of unbranched alkanes of at least 4 members (excludes halogenated alkanes) is 2. The number of benzene rings is 1. The summed E-state index contributed by atoms with van der Waals surface area (Å²) < 4.78 is 5.26. The van der Waals surface area contributed by atoms with Crippen LogP contribution in [0.1, 0.15) is 51.0 Å². The van der Waals surface area contributed by atoms with Gasteiger partial charge in [-0.15, -0.1) is 0 Å². The lowest BCUT2D eigenvalue weighted by atomic mass is 10.0. The van der Waals surface area contributed by atoms with E-state index < -0.39 is 6.09 Å². The number of likely N-dealkylation sites (N-methyl/N-ethyl adjacent to an activating group) is 1. The van der Waals surface area contributed by atoms with Gasteiger partial charge in [0.05, 0.1) is 18.7 Å². The number of aliphatic hydroxyl groups excluding tert-OH is 1. The summed E-state index contributed by atoms with van der Waals surface area (Å²) in [6.45, 7) is 2.59. The third-order valence-electron chi connectivity index (χ3n) is 4.87. The van der Waals surface area contributed by atoms with Gasteiger partial charge in [0.15, 0.2) is 0 Å². The van der Waals surface area contributed by atoms with Crippen molar-refractivity contribution in [3.63, 3.8) is 0 Å². The Morgan fingerprint density at radius 1 is 1.27 bits per heavy atom. The van der Waals surface area contributed by atoms with Gasteiger partial charge in [-0.3, -0.25) is 0 Å². The SMILES string of the molecule is CCCCCC(O)CCC1CN(C(=O)OCc2ccccc2)C(=O)N1C. The number of rotatable bonds is 9. The molecule has 6 nitrogen and oxygen atoms in total. The lowest BCUT2D eigenvalue weighted by Gasteiger charge is -2.19. The van der Waals surface area contributed by atoms with Crippen LogP contribution in [0.4, 0.5) is 9.59 Å². The van der Waals surface area contributed by atoms with E-state index in [0.29, 0.717) is 19.4 Å². The summed E-state index contributed by atoms with van der Waals surface area (Å²) in [5, 5.41) is 10.1. The fourth-order valence-electron chi connectivity index (χ4n) is 3.15. The van der Waals surface area contributed by atoms with Crippen LogP contribution in [0.2, 0.25) is 0 Å². The van der Waals surface area contributed by atoms with Gasteiger partial charge in [0.2, 0.25) is 0 Å². The highest BCUT2D eigenvalue weighted by Gasteiger charge is 2.39. The number of carbonyl (C=O) groups is 2. The highest BCUT2D eigenvalue weighted by molar-refractivity contribution is 5.92. The van der Waals surface area contributed by atoms with E-state index in [1.807, 2.05) is 30.3 Å². The molecule has 1 heterocycles. The first-order valence-electron chi connectivity index (χ1n) is 9.46. The quantitative estimate of drug-likeness (QED) is 0.679. The molecule has 26 heavy (non-hydrogen) atoms. The number of imide groups is 1. The van der Waals surface area contributed by atoms with E-state index >= 15 is 0 Å². The number of aliphatic hydroxyl groups is 1. The Hall–Kier alpha value is -2.08. The number of amides is 3. The lowest BCUT2D eigenvalue weighted by Crippen LogP contribution is -2.35. The Kier molecular flexibility index (Phi) is 7.91. The monoisotopic (exact) mass is 362 g/mol. The van der Waals surface area contributed by atoms with Crippen LogP contribution < -0.4 is 0 Å². The minimum Gasteiger partial charge on any atom is -0.444 e. The van der Waals surface area contributed by atoms with Gasteiger partial charge in [0, 0.05) is 7.05 Å². The van der Waals surface area contributed by atoms with Crippen LogP contribution in [-0.4, -0.2) is 52.8 Å². The van der Waals surface area contributed by atoms with Crippen LogP contribution in [0.5, 0.6) is 0 Å². The van der Waals surface area contributed by atoms with Crippen LogP contribution in [0.15, 0.2) is 30.3 Å². The molecule has 1 aromatic carbocycles. The molecule has 2 rings (SSSR count). The van der Waals surface area contributed by atoms with E-state index in [0.717, 1.165) is 36.1 Å². The van der Waals surface area contributed by atoms with Crippen LogP contribution in [0.3, 0.4) is 0 Å². The molecule has 1 fully saturated rings. The average molecular weight is 362 g/mol. The van der Waals surface area contributed by atoms with Crippen molar-refractivity contribution in [3.05, 3.63) is 35.9 Å². The van der Waals surface area contributed by atoms with Gasteiger partial charge >= 0.3 is 12.1 Å². The van der Waals surface area contributed by atoms with Crippen LogP contribution in [0, 0.1) is 0 Å². The molecular weight excluding hydrogens is 332 g/mol. The molecule has 3 amide bonds. The number of urea groups is 1. The van der Waals surface area contributed by atoms with Crippen LogP contribution in [-0.2, 0) is 11.3 Å². The van der Waals surface area contributed by atoms with E-state index in [-0.39, 0.29) is 24.8 Å². The first-order chi connectivity index (χ1) is 12.5. The molecule has 144 valence electrons. The molecule has 1 N–H and O–H groups in total. The van der Waals surface area contributed by atoms with Crippen molar-refractivity contribution < 1.29 is 19.4 Å². The number of hydrogen-bond donors (Lipinski definition) is 1. The normalized spacial score (nSPS) is 18.3. The fraction of sp³-hybridized carbons (Fsp3) is 0.600. The second-order valence-corrected chi connectivity index (χ2v) is 6.93. The first kappa shape index (κ1) is 20.2. The number of carbonyl (C=O) groups excluding carboxylic acids is 2. The predicted octanol–water partition coefficient (Wildman–Crippen LogP) is 3.78. The van der Waals surface area contributed by atoms with Crippen molar-refractivity contribution in [2.24, 2.45) is 0 Å². The van der Waals surface area contributed by atoms with Gasteiger partial charge in [-0.05, 0) is 24.8 Å². The fourth-order valence-corrected chi connectivity index (χ4v) is 3.15. The molecule has 0 radical (unpaired) electrons. The maximum atomic E-state index is 12.3. The zero-order chi connectivity index (χ0) is 18.9. The van der Waals surface area contributed by atoms with Crippen molar-refractivity contribution in [2.75, 3.05) is 13.6 Å². The Balaban J connectivity index is 1.78. The van der Waals surface area contributed by atoms with E-state index in [1.165, 1.54) is 0 Å². The molecule has 0 bridgehead atoms. The Morgan fingerprint density at radius 3 is 2.69 bits per heavy atom. The number of ether oxygens (including phenoxy) is 1. The van der Waals surface area contributed by atoms with Crippen LogP contribution in [0.25, 0.3) is 0 Å². The third kappa shape index (κ3) is 5.73. The molecule has 6 heteroatoms. The summed E-state index contributed by atoms with van der Waals surface area (Å²) in [5.74, 6) is 0. The summed E-state index contributed by atoms with van der Waals surface area (Å²) in [4.78, 5) is 27.3. The van der Waals surface area contributed by atoms with E-state index in [1.54, 1.807) is 11.9 Å². The maximum Gasteiger partial charge on any atom is 0.418 e. The Morgan fingerprint density at radius 2 is 2.00 bits per heavy atom. The number of hydrogen-bond acceptors (Lipinski definition) is 4. The van der Waals surface area contributed by atoms with E-state index in [2.05, 4.69) is 6.92 Å². The summed E-state index contributed by atoms with van der Waals surface area (Å²) >= 11 is 0. The standard InChI is InChI=1S/C20H30N2O4/c1-3-4-6-11-18(23)13-12-17-14-22(19(24)21(17)2)20(25)26-15-16-9-7-5-8-10-16/h5,7-10,17-18,23H,3-4,6,11-15H2,1-2H3. The molecule has 1 aliphatic heterocycles. The smallest absolute Gasteiger partial charge is 0.418 e. The molecular formula is C20H30N2O4. The topological polar surface area (TPSA) is 70.1 Å². The van der Waals surface area contributed by atoms with Crippen molar-refractivity contribution in [1.29, 1.82) is 0 Å². The Labute approximate surface area is 155 Å². The minimum absolute atomic E-state index is 0.0763. The summed E-state index contributed by atoms with van der Waals surface area (Å²) in [5.41, 5.74) is 0.882. The van der Waals surface area contributed by atoms with Crippen molar-refractivity contribution in [1.82, 2.24) is 9.80 Å². The average Bonchev–Trinajstić information content (AvgIpc) is 2.94. The van der Waals surface area contributed by atoms with Gasteiger partial charge in [0.1, 0.15) is 6.61 Å². The van der Waals surface area contributed by atoms with Gasteiger partial charge in [0.25, 0.3) is 0 Å². The lowest BCUT2D eigenvalue weighted by molar-refractivity contribution is 0.109. The molecule has 1 saturated heterocycles. The molecule has 0 aromatic heterocycles. The highest BCUT2D eigenvalue weighted by Crippen LogP contribution is 2.21. The molecule has 1 aromatic rings. The summed E-state index contributed by atoms with van der Waals surface area (Å²) in [6, 6.07) is 8.97. The van der Waals surface area contributed by atoms with Crippen molar-refractivity contribution in [2.45, 2.75) is 64.2 Å².